The highest BCUT2D eigenvalue weighted by Gasteiger charge is 2.40. The van der Waals surface area contributed by atoms with Gasteiger partial charge in [-0.15, -0.1) is 11.3 Å². The van der Waals surface area contributed by atoms with Gasteiger partial charge in [0, 0.05) is 17.5 Å². The zero-order chi connectivity index (χ0) is 13.4. The van der Waals surface area contributed by atoms with Gasteiger partial charge in [0.2, 0.25) is 0 Å². The first kappa shape index (κ1) is 13.6. The summed E-state index contributed by atoms with van der Waals surface area (Å²) in [5, 5.41) is 2.16. The second-order valence-electron chi connectivity index (χ2n) is 6.69. The van der Waals surface area contributed by atoms with Crippen molar-refractivity contribution in [1.82, 2.24) is 4.90 Å². The minimum Gasteiger partial charge on any atom is -0.326 e. The topological polar surface area (TPSA) is 29.3 Å². The summed E-state index contributed by atoms with van der Waals surface area (Å²) >= 11 is 1.84. The maximum Gasteiger partial charge on any atom is 0.0588 e. The van der Waals surface area contributed by atoms with E-state index in [1.54, 1.807) is 0 Å². The van der Waals surface area contributed by atoms with Crippen LogP contribution in [-0.4, -0.2) is 24.5 Å². The highest BCUT2D eigenvalue weighted by Crippen LogP contribution is 2.48. The van der Waals surface area contributed by atoms with E-state index in [0.717, 1.165) is 17.8 Å². The summed E-state index contributed by atoms with van der Waals surface area (Å²) in [6.07, 6.45) is 5.93. The van der Waals surface area contributed by atoms with Gasteiger partial charge in [0.1, 0.15) is 0 Å². The highest BCUT2D eigenvalue weighted by molar-refractivity contribution is 7.10. The average molecular weight is 278 g/mol. The van der Waals surface area contributed by atoms with E-state index in [1.165, 1.54) is 37.1 Å². The molecule has 3 heteroatoms. The first-order chi connectivity index (χ1) is 9.15. The lowest BCUT2D eigenvalue weighted by atomic mass is 9.88. The molecule has 1 aromatic rings. The van der Waals surface area contributed by atoms with Crippen molar-refractivity contribution in [3.63, 3.8) is 0 Å². The zero-order valence-electron chi connectivity index (χ0n) is 12.1. The number of hydrogen-bond donors (Lipinski definition) is 1. The van der Waals surface area contributed by atoms with E-state index in [0.29, 0.717) is 6.04 Å². The summed E-state index contributed by atoms with van der Waals surface area (Å²) in [7, 11) is 2.26. The highest BCUT2D eigenvalue weighted by atomic mass is 32.1. The van der Waals surface area contributed by atoms with Crippen molar-refractivity contribution in [3.05, 3.63) is 22.4 Å². The molecule has 1 heterocycles. The molecule has 2 fully saturated rings. The molecule has 0 spiro atoms. The van der Waals surface area contributed by atoms with Crippen LogP contribution in [0.5, 0.6) is 0 Å². The Morgan fingerprint density at radius 1 is 1.42 bits per heavy atom. The Hall–Kier alpha value is -0.380. The minimum absolute atomic E-state index is 0.197. The van der Waals surface area contributed by atoms with Gasteiger partial charge < -0.3 is 5.73 Å². The van der Waals surface area contributed by atoms with Crippen LogP contribution in [0.1, 0.15) is 43.5 Å². The van der Waals surface area contributed by atoms with Gasteiger partial charge in [-0.05, 0) is 62.4 Å². The van der Waals surface area contributed by atoms with Gasteiger partial charge >= 0.3 is 0 Å². The molecule has 2 aliphatic rings. The second-order valence-corrected chi connectivity index (χ2v) is 7.67. The molecule has 2 saturated carbocycles. The number of likely N-dealkylation sites (N-methyl/N-ethyl adjacent to an activating group) is 1. The van der Waals surface area contributed by atoms with Crippen molar-refractivity contribution in [2.24, 2.45) is 23.5 Å². The Kier molecular flexibility index (Phi) is 3.97. The minimum atomic E-state index is 0.197. The molecule has 0 amide bonds. The molecular formula is C16H26N2S. The smallest absolute Gasteiger partial charge is 0.0588 e. The van der Waals surface area contributed by atoms with Crippen LogP contribution in [0.25, 0.3) is 0 Å². The molecule has 3 rings (SSSR count). The van der Waals surface area contributed by atoms with Crippen LogP contribution in [0.3, 0.4) is 0 Å². The van der Waals surface area contributed by atoms with Gasteiger partial charge in [0.15, 0.2) is 0 Å². The van der Waals surface area contributed by atoms with Crippen molar-refractivity contribution < 1.29 is 0 Å². The molecule has 2 aliphatic carbocycles. The summed E-state index contributed by atoms with van der Waals surface area (Å²) in [5.41, 5.74) is 6.24. The molecule has 0 aliphatic heterocycles. The van der Waals surface area contributed by atoms with Crippen LogP contribution in [0.4, 0.5) is 0 Å². The lowest BCUT2D eigenvalue weighted by Gasteiger charge is -2.34. The van der Waals surface area contributed by atoms with Crippen molar-refractivity contribution >= 4 is 11.3 Å². The molecule has 0 saturated heterocycles. The maximum atomic E-state index is 6.24. The van der Waals surface area contributed by atoms with Crippen LogP contribution in [0.2, 0.25) is 0 Å². The van der Waals surface area contributed by atoms with Crippen LogP contribution in [0.15, 0.2) is 17.5 Å². The molecule has 1 aromatic heterocycles. The normalized spacial score (nSPS) is 32.9. The van der Waals surface area contributed by atoms with Crippen LogP contribution in [-0.2, 0) is 0 Å². The summed E-state index contributed by atoms with van der Waals surface area (Å²) < 4.78 is 0. The first-order valence-electron chi connectivity index (χ1n) is 7.64. The molecule has 0 radical (unpaired) electrons. The number of hydrogen-bond acceptors (Lipinski definition) is 3. The number of nitrogens with two attached hydrogens (primary N) is 1. The van der Waals surface area contributed by atoms with Gasteiger partial charge in [-0.2, -0.15) is 0 Å². The largest absolute Gasteiger partial charge is 0.326 e. The summed E-state index contributed by atoms with van der Waals surface area (Å²) in [5.74, 6) is 2.97. The van der Waals surface area contributed by atoms with Crippen molar-refractivity contribution in [2.45, 2.75) is 44.7 Å². The molecule has 2 bridgehead atoms. The van der Waals surface area contributed by atoms with Gasteiger partial charge in [-0.1, -0.05) is 12.5 Å². The number of rotatable bonds is 5. The fourth-order valence-corrected chi connectivity index (χ4v) is 5.43. The Bertz CT molecular complexity index is 401. The lowest BCUT2D eigenvalue weighted by molar-refractivity contribution is 0.160. The quantitative estimate of drug-likeness (QED) is 0.893. The lowest BCUT2D eigenvalue weighted by Crippen LogP contribution is -2.40. The molecule has 0 aromatic carbocycles. The molecule has 5 atom stereocenters. The molecule has 106 valence electrons. The third-order valence-corrected chi connectivity index (χ3v) is 6.16. The SMILES string of the molecule is CC(N)C(c1cccs1)N(C)CC1CC2CCC1C2. The fraction of sp³-hybridized carbons (Fsp3) is 0.750. The second kappa shape index (κ2) is 5.55. The predicted octanol–water partition coefficient (Wildman–Crippen LogP) is 3.50. The first-order valence-corrected chi connectivity index (χ1v) is 8.52. The Morgan fingerprint density at radius 2 is 2.26 bits per heavy atom. The summed E-state index contributed by atoms with van der Waals surface area (Å²) in [6, 6.07) is 4.96. The number of thiophene rings is 1. The Morgan fingerprint density at radius 3 is 2.79 bits per heavy atom. The van der Waals surface area contributed by atoms with Crippen molar-refractivity contribution in [3.8, 4) is 0 Å². The Labute approximate surface area is 121 Å². The fourth-order valence-electron chi connectivity index (χ4n) is 4.42. The summed E-state index contributed by atoms with van der Waals surface area (Å²) in [6.45, 7) is 3.37. The third-order valence-electron chi connectivity index (χ3n) is 5.21. The monoisotopic (exact) mass is 278 g/mol. The van der Waals surface area contributed by atoms with E-state index >= 15 is 0 Å². The Balaban J connectivity index is 1.66. The van der Waals surface area contributed by atoms with Gasteiger partial charge in [0.25, 0.3) is 0 Å². The van der Waals surface area contributed by atoms with Gasteiger partial charge in [0.05, 0.1) is 6.04 Å². The van der Waals surface area contributed by atoms with Gasteiger partial charge in [-0.3, -0.25) is 4.90 Å². The van der Waals surface area contributed by atoms with E-state index in [1.807, 2.05) is 11.3 Å². The van der Waals surface area contributed by atoms with Crippen molar-refractivity contribution in [2.75, 3.05) is 13.6 Å². The van der Waals surface area contributed by atoms with Crippen LogP contribution in [0, 0.1) is 17.8 Å². The maximum absolute atomic E-state index is 6.24. The van der Waals surface area contributed by atoms with E-state index < -0.39 is 0 Å². The van der Waals surface area contributed by atoms with E-state index in [2.05, 4.69) is 36.4 Å². The standard InChI is InChI=1S/C16H26N2S/c1-11(17)16(15-4-3-7-19-15)18(2)10-14-9-12-5-6-13(14)8-12/h3-4,7,11-14,16H,5-6,8-10,17H2,1-2H3. The zero-order valence-corrected chi connectivity index (χ0v) is 12.9. The predicted molar refractivity (Wildman–Crippen MR) is 82.3 cm³/mol. The summed E-state index contributed by atoms with van der Waals surface area (Å²) in [4.78, 5) is 3.93. The molecule has 2 nitrogen and oxygen atoms in total. The molecule has 19 heavy (non-hydrogen) atoms. The molecular weight excluding hydrogens is 252 g/mol. The van der Waals surface area contributed by atoms with Crippen LogP contribution < -0.4 is 5.73 Å². The third kappa shape index (κ3) is 2.74. The van der Waals surface area contributed by atoms with Gasteiger partial charge in [-0.25, -0.2) is 0 Å². The van der Waals surface area contributed by atoms with Crippen LogP contribution >= 0.6 is 11.3 Å². The van der Waals surface area contributed by atoms with Crippen molar-refractivity contribution in [1.29, 1.82) is 0 Å². The van der Waals surface area contributed by atoms with E-state index in [-0.39, 0.29) is 6.04 Å². The van der Waals surface area contributed by atoms with E-state index in [9.17, 15) is 0 Å². The number of fused-ring (bicyclic) bond motifs is 2. The average Bonchev–Trinajstić information content (AvgIpc) is 3.04. The molecule has 5 unspecified atom stereocenters. The molecule has 2 N–H and O–H groups in total. The number of nitrogens with zero attached hydrogens (tertiary/aromatic N) is 1. The van der Waals surface area contributed by atoms with E-state index in [4.69, 9.17) is 5.73 Å².